The van der Waals surface area contributed by atoms with Crippen LogP contribution < -0.4 is 4.90 Å². The molecule has 0 radical (unpaired) electrons. The quantitative estimate of drug-likeness (QED) is 0.684. The predicted molar refractivity (Wildman–Crippen MR) is 89.9 cm³/mol. The maximum Gasteiger partial charge on any atom is 0.125 e. The Morgan fingerprint density at radius 3 is 2.50 bits per heavy atom. The molecule has 0 N–H and O–H groups in total. The highest BCUT2D eigenvalue weighted by atomic mass is 79.9. The van der Waals surface area contributed by atoms with Gasteiger partial charge in [-0.25, -0.2) is 8.78 Å². The normalized spacial score (nSPS) is 18.0. The summed E-state index contributed by atoms with van der Waals surface area (Å²) in [5.41, 5.74) is 3.19. The van der Waals surface area contributed by atoms with Crippen molar-refractivity contribution in [3.05, 3.63) is 65.2 Å². The molecule has 1 aliphatic rings. The SMILES string of the molecule is Fc1ccc(C2CCCN(CCBr)c3cc(F)ccc32)cc1. The summed E-state index contributed by atoms with van der Waals surface area (Å²) >= 11 is 3.47. The van der Waals surface area contributed by atoms with Gasteiger partial charge < -0.3 is 4.90 Å². The molecule has 0 aliphatic carbocycles. The van der Waals surface area contributed by atoms with Gasteiger partial charge in [0, 0.05) is 30.0 Å². The van der Waals surface area contributed by atoms with E-state index in [2.05, 4.69) is 20.8 Å². The zero-order valence-electron chi connectivity index (χ0n) is 12.2. The van der Waals surface area contributed by atoms with E-state index in [4.69, 9.17) is 0 Å². The molecule has 0 fully saturated rings. The van der Waals surface area contributed by atoms with Gasteiger partial charge in [0.05, 0.1) is 0 Å². The van der Waals surface area contributed by atoms with Crippen LogP contribution in [0, 0.1) is 11.6 Å². The predicted octanol–water partition coefficient (Wildman–Crippen LogP) is 5.09. The van der Waals surface area contributed by atoms with E-state index in [-0.39, 0.29) is 17.6 Å². The summed E-state index contributed by atoms with van der Waals surface area (Å²) in [6.45, 7) is 1.77. The molecule has 0 saturated carbocycles. The van der Waals surface area contributed by atoms with Crippen molar-refractivity contribution in [2.24, 2.45) is 0 Å². The molecular weight excluding hydrogens is 348 g/mol. The number of anilines is 1. The lowest BCUT2D eigenvalue weighted by Crippen LogP contribution is -2.26. The van der Waals surface area contributed by atoms with Crippen LogP contribution in [-0.2, 0) is 0 Å². The topological polar surface area (TPSA) is 3.24 Å². The summed E-state index contributed by atoms with van der Waals surface area (Å²) in [5, 5.41) is 0.851. The fraction of sp³-hybridized carbons (Fsp3) is 0.333. The van der Waals surface area contributed by atoms with Gasteiger partial charge in [0.1, 0.15) is 11.6 Å². The highest BCUT2D eigenvalue weighted by Gasteiger charge is 2.24. The summed E-state index contributed by atoms with van der Waals surface area (Å²) in [5.74, 6) is -0.243. The molecule has 1 nitrogen and oxygen atoms in total. The van der Waals surface area contributed by atoms with E-state index in [1.165, 1.54) is 18.2 Å². The summed E-state index contributed by atoms with van der Waals surface area (Å²) in [6.07, 6.45) is 2.02. The van der Waals surface area contributed by atoms with Crippen molar-refractivity contribution in [3.8, 4) is 0 Å². The van der Waals surface area contributed by atoms with Gasteiger partial charge in [-0.05, 0) is 48.2 Å². The molecule has 2 aromatic carbocycles. The third-order valence-corrected chi connectivity index (χ3v) is 4.61. The van der Waals surface area contributed by atoms with Crippen molar-refractivity contribution in [1.82, 2.24) is 0 Å². The first kappa shape index (κ1) is 15.5. The minimum Gasteiger partial charge on any atom is -0.370 e. The van der Waals surface area contributed by atoms with Gasteiger partial charge >= 0.3 is 0 Å². The van der Waals surface area contributed by atoms with Crippen LogP contribution in [0.3, 0.4) is 0 Å². The van der Waals surface area contributed by atoms with Gasteiger partial charge in [-0.2, -0.15) is 0 Å². The van der Waals surface area contributed by atoms with E-state index in [9.17, 15) is 8.78 Å². The highest BCUT2D eigenvalue weighted by molar-refractivity contribution is 9.09. The van der Waals surface area contributed by atoms with Crippen molar-refractivity contribution in [2.45, 2.75) is 18.8 Å². The lowest BCUT2D eigenvalue weighted by atomic mass is 9.87. The van der Waals surface area contributed by atoms with Gasteiger partial charge in [0.2, 0.25) is 0 Å². The maximum atomic E-state index is 13.7. The van der Waals surface area contributed by atoms with Crippen LogP contribution in [0.5, 0.6) is 0 Å². The van der Waals surface area contributed by atoms with Crippen molar-refractivity contribution in [1.29, 1.82) is 0 Å². The van der Waals surface area contributed by atoms with E-state index in [0.29, 0.717) is 0 Å². The van der Waals surface area contributed by atoms with Crippen molar-refractivity contribution in [3.63, 3.8) is 0 Å². The van der Waals surface area contributed by atoms with Crippen LogP contribution >= 0.6 is 15.9 Å². The number of rotatable bonds is 3. The molecule has 1 atom stereocenters. The Bertz CT molecular complexity index is 642. The molecular formula is C18H18BrF2N. The van der Waals surface area contributed by atoms with Gasteiger partial charge in [-0.3, -0.25) is 0 Å². The molecule has 22 heavy (non-hydrogen) atoms. The molecule has 0 aromatic heterocycles. The molecule has 4 heteroatoms. The number of hydrogen-bond acceptors (Lipinski definition) is 1. The second-order valence-electron chi connectivity index (χ2n) is 5.63. The van der Waals surface area contributed by atoms with Crippen LogP contribution in [0.1, 0.15) is 29.9 Å². The molecule has 116 valence electrons. The van der Waals surface area contributed by atoms with Gasteiger partial charge in [-0.1, -0.05) is 34.1 Å². The van der Waals surface area contributed by atoms with Crippen molar-refractivity contribution >= 4 is 21.6 Å². The molecule has 1 aliphatic heterocycles. The Morgan fingerprint density at radius 1 is 1.05 bits per heavy atom. The van der Waals surface area contributed by atoms with Crippen LogP contribution in [0.25, 0.3) is 0 Å². The van der Waals surface area contributed by atoms with Crippen molar-refractivity contribution < 1.29 is 8.78 Å². The highest BCUT2D eigenvalue weighted by Crippen LogP contribution is 2.39. The number of hydrogen-bond donors (Lipinski definition) is 0. The van der Waals surface area contributed by atoms with E-state index in [1.807, 2.05) is 18.2 Å². The molecule has 3 rings (SSSR count). The lowest BCUT2D eigenvalue weighted by Gasteiger charge is -2.25. The molecule has 0 spiro atoms. The van der Waals surface area contributed by atoms with Crippen LogP contribution in [0.15, 0.2) is 42.5 Å². The molecule has 1 unspecified atom stereocenters. The summed E-state index contributed by atoms with van der Waals surface area (Å²) in [4.78, 5) is 2.23. The number of nitrogens with zero attached hydrogens (tertiary/aromatic N) is 1. The van der Waals surface area contributed by atoms with E-state index < -0.39 is 0 Å². The average molecular weight is 366 g/mol. The van der Waals surface area contributed by atoms with E-state index >= 15 is 0 Å². The molecule has 1 heterocycles. The minimum absolute atomic E-state index is 0.191. The third-order valence-electron chi connectivity index (χ3n) is 4.26. The fourth-order valence-electron chi connectivity index (χ4n) is 3.22. The van der Waals surface area contributed by atoms with Gasteiger partial charge in [0.15, 0.2) is 0 Å². The summed E-state index contributed by atoms with van der Waals surface area (Å²) in [7, 11) is 0. The zero-order valence-corrected chi connectivity index (χ0v) is 13.8. The maximum absolute atomic E-state index is 13.7. The van der Waals surface area contributed by atoms with E-state index in [1.54, 1.807) is 6.07 Å². The van der Waals surface area contributed by atoms with E-state index in [0.717, 1.165) is 48.1 Å². The number of fused-ring (bicyclic) bond motifs is 1. The van der Waals surface area contributed by atoms with Gasteiger partial charge in [-0.15, -0.1) is 0 Å². The number of halogens is 3. The first-order valence-electron chi connectivity index (χ1n) is 7.55. The standard InChI is InChI=1S/C18H18BrF2N/c19-9-11-22-10-1-2-16(13-3-5-14(20)6-4-13)17-8-7-15(21)12-18(17)22/h3-8,12,16H,1-2,9-11H2. The largest absolute Gasteiger partial charge is 0.370 e. The summed E-state index contributed by atoms with van der Waals surface area (Å²) < 4.78 is 26.9. The minimum atomic E-state index is -0.224. The smallest absolute Gasteiger partial charge is 0.125 e. The Labute approximate surface area is 138 Å². The Balaban J connectivity index is 2.05. The first-order chi connectivity index (χ1) is 10.7. The molecule has 2 aromatic rings. The Hall–Kier alpha value is -1.42. The first-order valence-corrected chi connectivity index (χ1v) is 8.67. The lowest BCUT2D eigenvalue weighted by molar-refractivity contribution is 0.623. The van der Waals surface area contributed by atoms with Crippen LogP contribution in [-0.4, -0.2) is 18.4 Å². The molecule has 0 amide bonds. The zero-order chi connectivity index (χ0) is 15.5. The van der Waals surface area contributed by atoms with Crippen molar-refractivity contribution in [2.75, 3.05) is 23.3 Å². The molecule has 0 bridgehead atoms. The average Bonchev–Trinajstić information content (AvgIpc) is 2.68. The second kappa shape index (κ2) is 6.78. The second-order valence-corrected chi connectivity index (χ2v) is 6.42. The van der Waals surface area contributed by atoms with Crippen LogP contribution in [0.4, 0.5) is 14.5 Å². The number of alkyl halides is 1. The Morgan fingerprint density at radius 2 is 1.77 bits per heavy atom. The Kier molecular flexibility index (Phi) is 4.77. The fourth-order valence-corrected chi connectivity index (χ4v) is 3.65. The monoisotopic (exact) mass is 365 g/mol. The molecule has 0 saturated heterocycles. The third kappa shape index (κ3) is 3.17. The van der Waals surface area contributed by atoms with Crippen LogP contribution in [0.2, 0.25) is 0 Å². The van der Waals surface area contributed by atoms with Gasteiger partial charge in [0.25, 0.3) is 0 Å². The number of benzene rings is 2. The summed E-state index contributed by atoms with van der Waals surface area (Å²) in [6, 6.07) is 11.7.